The number of hydroxylamine groups is 1. The number of nitrogens with one attached hydrogen (secondary N) is 2. The minimum absolute atomic E-state index is 0.193. The van der Waals surface area contributed by atoms with Gasteiger partial charge in [0.1, 0.15) is 6.17 Å². The van der Waals surface area contributed by atoms with E-state index in [1.54, 1.807) is 0 Å². The summed E-state index contributed by atoms with van der Waals surface area (Å²) in [7, 11) is 0. The zero-order chi connectivity index (χ0) is 20.2. The molecule has 0 saturated carbocycles. The third-order valence-electron chi connectivity index (χ3n) is 4.91. The summed E-state index contributed by atoms with van der Waals surface area (Å²) >= 11 is 1.52. The average Bonchev–Trinajstić information content (AvgIpc) is 2.75. The van der Waals surface area contributed by atoms with E-state index in [-0.39, 0.29) is 17.3 Å². The minimum atomic E-state index is -0.318. The highest BCUT2D eigenvalue weighted by Gasteiger charge is 2.22. The maximum atomic E-state index is 12.0. The van der Waals surface area contributed by atoms with Crippen LogP contribution in [0.15, 0.2) is 29.2 Å². The molecule has 1 fully saturated rings. The molecule has 6 nitrogen and oxygen atoms in total. The van der Waals surface area contributed by atoms with Crippen molar-refractivity contribution in [1.29, 1.82) is 0 Å². The number of benzene rings is 1. The third kappa shape index (κ3) is 7.28. The number of carbonyl (C=O) groups excluding carboxylic acids is 1. The summed E-state index contributed by atoms with van der Waals surface area (Å²) in [4.78, 5) is 15.4. The largest absolute Gasteiger partial charge is 0.377 e. The van der Waals surface area contributed by atoms with E-state index in [0.29, 0.717) is 6.61 Å². The molecule has 2 unspecified atom stereocenters. The summed E-state index contributed by atoms with van der Waals surface area (Å²) in [6.07, 6.45) is 6.48. The van der Waals surface area contributed by atoms with Crippen LogP contribution in [0.3, 0.4) is 0 Å². The molecule has 158 valence electrons. The lowest BCUT2D eigenvalue weighted by Crippen LogP contribution is -2.53. The van der Waals surface area contributed by atoms with Crippen LogP contribution in [0.1, 0.15) is 52.4 Å². The second-order valence-electron chi connectivity index (χ2n) is 7.16. The molecule has 1 amide bonds. The number of hydrogen-bond acceptors (Lipinski definition) is 6. The first-order chi connectivity index (χ1) is 13.7. The SMILES string of the molecule is CCCCCCC(Sc1ccc(N(CCC)C2COCCN2)cc1)C(=O)NO. The van der Waals surface area contributed by atoms with Crippen molar-refractivity contribution in [3.8, 4) is 0 Å². The van der Waals surface area contributed by atoms with Gasteiger partial charge in [-0.1, -0.05) is 39.5 Å². The fraction of sp³-hybridized carbons (Fsp3) is 0.667. The van der Waals surface area contributed by atoms with Gasteiger partial charge in [0.15, 0.2) is 0 Å². The molecule has 0 spiro atoms. The van der Waals surface area contributed by atoms with E-state index in [1.807, 2.05) is 5.48 Å². The van der Waals surface area contributed by atoms with Gasteiger partial charge in [-0.3, -0.25) is 15.3 Å². The van der Waals surface area contributed by atoms with Crippen molar-refractivity contribution in [3.05, 3.63) is 24.3 Å². The molecular weight excluding hydrogens is 374 g/mol. The molecular formula is C21H35N3O3S. The lowest BCUT2D eigenvalue weighted by atomic mass is 10.1. The smallest absolute Gasteiger partial charge is 0.256 e. The number of rotatable bonds is 12. The highest BCUT2D eigenvalue weighted by molar-refractivity contribution is 8.00. The predicted molar refractivity (Wildman–Crippen MR) is 115 cm³/mol. The molecule has 1 aliphatic heterocycles. The standard InChI is InChI=1S/C21H35N3O3S/c1-3-5-6-7-8-19(21(25)23-26)28-18-11-9-17(10-12-18)24(14-4-2)20-16-27-15-13-22-20/h9-12,19-20,22,26H,3-8,13-16H2,1-2H3,(H,23,25). The quantitative estimate of drug-likeness (QED) is 0.211. The Bertz CT molecular complexity index is 565. The molecule has 2 atom stereocenters. The van der Waals surface area contributed by atoms with Crippen LogP contribution in [0.2, 0.25) is 0 Å². The van der Waals surface area contributed by atoms with Crippen molar-refractivity contribution in [2.45, 2.75) is 68.7 Å². The summed E-state index contributed by atoms with van der Waals surface area (Å²) in [6.45, 7) is 7.63. The van der Waals surface area contributed by atoms with Crippen molar-refractivity contribution in [1.82, 2.24) is 10.8 Å². The summed E-state index contributed by atoms with van der Waals surface area (Å²) in [6, 6.07) is 8.35. The van der Waals surface area contributed by atoms with Crippen molar-refractivity contribution >= 4 is 23.4 Å². The van der Waals surface area contributed by atoms with E-state index in [0.717, 1.165) is 56.0 Å². The molecule has 0 aliphatic carbocycles. The predicted octanol–water partition coefficient (Wildman–Crippen LogP) is 3.79. The van der Waals surface area contributed by atoms with Crippen molar-refractivity contribution in [2.24, 2.45) is 0 Å². The van der Waals surface area contributed by atoms with Gasteiger partial charge in [0.2, 0.25) is 0 Å². The zero-order valence-corrected chi connectivity index (χ0v) is 18.0. The summed E-state index contributed by atoms with van der Waals surface area (Å²) in [5, 5.41) is 12.3. The molecule has 1 heterocycles. The van der Waals surface area contributed by atoms with Gasteiger partial charge in [0.05, 0.1) is 18.5 Å². The van der Waals surface area contributed by atoms with Gasteiger partial charge < -0.3 is 9.64 Å². The Kier molecular flexibility index (Phi) is 10.7. The Morgan fingerprint density at radius 2 is 2.07 bits per heavy atom. The molecule has 0 aromatic heterocycles. The van der Waals surface area contributed by atoms with Gasteiger partial charge in [0, 0.05) is 23.7 Å². The highest BCUT2D eigenvalue weighted by Crippen LogP contribution is 2.29. The fourth-order valence-corrected chi connectivity index (χ4v) is 4.48. The number of amides is 1. The lowest BCUT2D eigenvalue weighted by molar-refractivity contribution is -0.128. The van der Waals surface area contributed by atoms with Crippen molar-refractivity contribution in [3.63, 3.8) is 0 Å². The number of unbranched alkanes of at least 4 members (excludes halogenated alkanes) is 3. The van der Waals surface area contributed by atoms with Gasteiger partial charge >= 0.3 is 0 Å². The molecule has 28 heavy (non-hydrogen) atoms. The number of anilines is 1. The number of morpholine rings is 1. The van der Waals surface area contributed by atoms with E-state index >= 15 is 0 Å². The van der Waals surface area contributed by atoms with Crippen LogP contribution >= 0.6 is 11.8 Å². The van der Waals surface area contributed by atoms with E-state index in [4.69, 9.17) is 9.94 Å². The van der Waals surface area contributed by atoms with Gasteiger partial charge in [0.25, 0.3) is 5.91 Å². The fourth-order valence-electron chi connectivity index (χ4n) is 3.41. The Balaban J connectivity index is 2.00. The molecule has 2 rings (SSSR count). The normalized spacial score (nSPS) is 17.9. The van der Waals surface area contributed by atoms with Crippen molar-refractivity contribution in [2.75, 3.05) is 31.2 Å². The molecule has 0 bridgehead atoms. The van der Waals surface area contributed by atoms with Crippen molar-refractivity contribution < 1.29 is 14.7 Å². The first kappa shape index (κ1) is 23.0. The molecule has 1 aliphatic rings. The van der Waals surface area contributed by atoms with Crippen LogP contribution in [-0.2, 0) is 9.53 Å². The maximum absolute atomic E-state index is 12.0. The van der Waals surface area contributed by atoms with Gasteiger partial charge in [-0.2, -0.15) is 0 Å². The van der Waals surface area contributed by atoms with Crippen LogP contribution in [0, 0.1) is 0 Å². The van der Waals surface area contributed by atoms with Gasteiger partial charge in [-0.15, -0.1) is 11.8 Å². The number of hydrogen-bond donors (Lipinski definition) is 3. The van der Waals surface area contributed by atoms with E-state index in [2.05, 4.69) is 48.3 Å². The minimum Gasteiger partial charge on any atom is -0.377 e. The molecule has 1 aromatic rings. The number of carbonyl (C=O) groups is 1. The van der Waals surface area contributed by atoms with Crippen LogP contribution in [-0.4, -0.2) is 48.8 Å². The second-order valence-corrected chi connectivity index (χ2v) is 8.44. The van der Waals surface area contributed by atoms with E-state index in [9.17, 15) is 4.79 Å². The van der Waals surface area contributed by atoms with E-state index < -0.39 is 0 Å². The monoisotopic (exact) mass is 409 g/mol. The van der Waals surface area contributed by atoms with Crippen LogP contribution in [0.4, 0.5) is 5.69 Å². The molecule has 1 saturated heterocycles. The topological polar surface area (TPSA) is 73.8 Å². The molecule has 3 N–H and O–H groups in total. The second kappa shape index (κ2) is 13.0. The lowest BCUT2D eigenvalue weighted by Gasteiger charge is -2.36. The Morgan fingerprint density at radius 1 is 1.29 bits per heavy atom. The van der Waals surface area contributed by atoms with E-state index in [1.165, 1.54) is 24.6 Å². The number of thioether (sulfide) groups is 1. The van der Waals surface area contributed by atoms with Gasteiger partial charge in [-0.25, -0.2) is 5.48 Å². The van der Waals surface area contributed by atoms with Gasteiger partial charge in [-0.05, 0) is 37.1 Å². The zero-order valence-electron chi connectivity index (χ0n) is 17.2. The van der Waals surface area contributed by atoms with Crippen LogP contribution < -0.4 is 15.7 Å². The molecule has 1 aromatic carbocycles. The third-order valence-corrected chi connectivity index (χ3v) is 6.19. The van der Waals surface area contributed by atoms with Crippen LogP contribution in [0.5, 0.6) is 0 Å². The molecule has 7 heteroatoms. The first-order valence-electron chi connectivity index (χ1n) is 10.5. The Labute approximate surface area is 173 Å². The Hall–Kier alpha value is -1.28. The number of nitrogens with zero attached hydrogens (tertiary/aromatic N) is 1. The summed E-state index contributed by atoms with van der Waals surface area (Å²) in [5.41, 5.74) is 2.98. The highest BCUT2D eigenvalue weighted by atomic mass is 32.2. The summed E-state index contributed by atoms with van der Waals surface area (Å²) in [5.74, 6) is -0.318. The number of ether oxygens (including phenoxy) is 1. The van der Waals surface area contributed by atoms with Crippen LogP contribution in [0.25, 0.3) is 0 Å². The first-order valence-corrected chi connectivity index (χ1v) is 11.4. The molecule has 0 radical (unpaired) electrons. The summed E-state index contributed by atoms with van der Waals surface area (Å²) < 4.78 is 5.62. The maximum Gasteiger partial charge on any atom is 0.256 e. The average molecular weight is 410 g/mol. The Morgan fingerprint density at radius 3 is 2.68 bits per heavy atom.